The molecule has 0 amide bonds. The topological polar surface area (TPSA) is 12.0 Å². The second-order valence-corrected chi connectivity index (χ2v) is 7.21. The smallest absolute Gasteiger partial charge is 0.00104 e. The molecule has 1 aliphatic rings. The molecule has 1 rings (SSSR count). The first kappa shape index (κ1) is 14.0. The fourth-order valence-corrected chi connectivity index (χ4v) is 3.14. The van der Waals surface area contributed by atoms with E-state index in [4.69, 9.17) is 0 Å². The van der Waals surface area contributed by atoms with Crippen LogP contribution in [0.25, 0.3) is 0 Å². The van der Waals surface area contributed by atoms with E-state index in [2.05, 4.69) is 46.9 Å². The van der Waals surface area contributed by atoms with Gasteiger partial charge in [-0.15, -0.1) is 0 Å². The van der Waals surface area contributed by atoms with Crippen molar-refractivity contribution in [3.8, 4) is 0 Å². The molecular formula is C15H31N. The lowest BCUT2D eigenvalue weighted by molar-refractivity contribution is 0.0794. The van der Waals surface area contributed by atoms with Crippen molar-refractivity contribution in [2.75, 3.05) is 6.54 Å². The second-order valence-electron chi connectivity index (χ2n) is 7.21. The van der Waals surface area contributed by atoms with Crippen LogP contribution < -0.4 is 5.32 Å². The normalized spacial score (nSPS) is 32.1. The molecule has 0 aromatic rings. The first-order valence-electron chi connectivity index (χ1n) is 7.04. The zero-order valence-electron chi connectivity index (χ0n) is 12.1. The second kappa shape index (κ2) is 5.53. The molecule has 16 heavy (non-hydrogen) atoms. The SMILES string of the molecule is CC1CCC(CNC(C)C)C(C(C)(C)C)C1. The van der Waals surface area contributed by atoms with E-state index in [1.54, 1.807) is 0 Å². The van der Waals surface area contributed by atoms with Gasteiger partial charge >= 0.3 is 0 Å². The largest absolute Gasteiger partial charge is 0.314 e. The molecule has 3 atom stereocenters. The quantitative estimate of drug-likeness (QED) is 0.763. The molecule has 1 aliphatic carbocycles. The Bertz CT molecular complexity index is 202. The summed E-state index contributed by atoms with van der Waals surface area (Å²) >= 11 is 0. The van der Waals surface area contributed by atoms with Gasteiger partial charge in [0.15, 0.2) is 0 Å². The summed E-state index contributed by atoms with van der Waals surface area (Å²) in [6.45, 7) is 15.4. The van der Waals surface area contributed by atoms with Gasteiger partial charge < -0.3 is 5.32 Å². The van der Waals surface area contributed by atoms with E-state index in [0.29, 0.717) is 11.5 Å². The van der Waals surface area contributed by atoms with E-state index in [9.17, 15) is 0 Å². The van der Waals surface area contributed by atoms with Gasteiger partial charge in [-0.3, -0.25) is 0 Å². The molecule has 1 nitrogen and oxygen atoms in total. The summed E-state index contributed by atoms with van der Waals surface area (Å²) in [4.78, 5) is 0. The number of hydrogen-bond donors (Lipinski definition) is 1. The van der Waals surface area contributed by atoms with Crippen molar-refractivity contribution in [2.24, 2.45) is 23.2 Å². The van der Waals surface area contributed by atoms with Gasteiger partial charge in [0.1, 0.15) is 0 Å². The highest BCUT2D eigenvalue weighted by Gasteiger charge is 2.36. The third-order valence-corrected chi connectivity index (χ3v) is 4.16. The molecule has 3 unspecified atom stereocenters. The highest BCUT2D eigenvalue weighted by atomic mass is 14.9. The molecule has 0 aromatic heterocycles. The lowest BCUT2D eigenvalue weighted by Crippen LogP contribution is -2.40. The third-order valence-electron chi connectivity index (χ3n) is 4.16. The van der Waals surface area contributed by atoms with Crippen LogP contribution in [0.2, 0.25) is 0 Å². The van der Waals surface area contributed by atoms with Crippen molar-refractivity contribution in [1.29, 1.82) is 0 Å². The Morgan fingerprint density at radius 2 is 1.81 bits per heavy atom. The van der Waals surface area contributed by atoms with Crippen molar-refractivity contribution >= 4 is 0 Å². The van der Waals surface area contributed by atoms with E-state index in [-0.39, 0.29) is 0 Å². The summed E-state index contributed by atoms with van der Waals surface area (Å²) in [6, 6.07) is 0.625. The van der Waals surface area contributed by atoms with Gasteiger partial charge in [-0.05, 0) is 42.6 Å². The molecule has 0 heterocycles. The van der Waals surface area contributed by atoms with Gasteiger partial charge in [-0.2, -0.15) is 0 Å². The van der Waals surface area contributed by atoms with Crippen LogP contribution in [-0.2, 0) is 0 Å². The van der Waals surface area contributed by atoms with Crippen LogP contribution in [0.15, 0.2) is 0 Å². The maximum Gasteiger partial charge on any atom is 0.00104 e. The minimum Gasteiger partial charge on any atom is -0.314 e. The summed E-state index contributed by atoms with van der Waals surface area (Å²) in [7, 11) is 0. The van der Waals surface area contributed by atoms with E-state index >= 15 is 0 Å². The minimum absolute atomic E-state index is 0.470. The lowest BCUT2D eigenvalue weighted by Gasteiger charge is -2.43. The van der Waals surface area contributed by atoms with Gasteiger partial charge in [-0.25, -0.2) is 0 Å². The van der Waals surface area contributed by atoms with Gasteiger partial charge in [-0.1, -0.05) is 48.0 Å². The predicted octanol–water partition coefficient (Wildman–Crippen LogP) is 4.08. The van der Waals surface area contributed by atoms with E-state index in [0.717, 1.165) is 17.8 Å². The van der Waals surface area contributed by atoms with E-state index in [1.165, 1.54) is 25.8 Å². The average Bonchev–Trinajstić information content (AvgIpc) is 2.14. The predicted molar refractivity (Wildman–Crippen MR) is 72.6 cm³/mol. The van der Waals surface area contributed by atoms with Crippen LogP contribution in [0.5, 0.6) is 0 Å². The van der Waals surface area contributed by atoms with E-state index < -0.39 is 0 Å². The molecule has 1 heteroatoms. The number of hydrogen-bond acceptors (Lipinski definition) is 1. The van der Waals surface area contributed by atoms with Crippen molar-refractivity contribution in [3.63, 3.8) is 0 Å². The molecule has 0 aliphatic heterocycles. The Labute approximate surface area is 102 Å². The maximum atomic E-state index is 3.63. The highest BCUT2D eigenvalue weighted by molar-refractivity contribution is 4.87. The Morgan fingerprint density at radius 3 is 2.31 bits per heavy atom. The number of nitrogens with one attached hydrogen (secondary N) is 1. The van der Waals surface area contributed by atoms with E-state index in [1.807, 2.05) is 0 Å². The van der Waals surface area contributed by atoms with Crippen LogP contribution >= 0.6 is 0 Å². The maximum absolute atomic E-state index is 3.63. The molecule has 1 N–H and O–H groups in total. The summed E-state index contributed by atoms with van der Waals surface area (Å²) in [5.74, 6) is 2.71. The summed E-state index contributed by atoms with van der Waals surface area (Å²) < 4.78 is 0. The fourth-order valence-electron chi connectivity index (χ4n) is 3.14. The van der Waals surface area contributed by atoms with Crippen LogP contribution in [0.4, 0.5) is 0 Å². The zero-order chi connectivity index (χ0) is 12.3. The molecule has 96 valence electrons. The van der Waals surface area contributed by atoms with Crippen LogP contribution in [0.3, 0.4) is 0 Å². The standard InChI is InChI=1S/C15H31N/c1-11(2)16-10-13-8-7-12(3)9-14(13)15(4,5)6/h11-14,16H,7-10H2,1-6H3. The summed E-state index contributed by atoms with van der Waals surface area (Å²) in [5, 5.41) is 3.63. The van der Waals surface area contributed by atoms with Crippen molar-refractivity contribution < 1.29 is 0 Å². The first-order chi connectivity index (χ1) is 7.30. The monoisotopic (exact) mass is 225 g/mol. The average molecular weight is 225 g/mol. The molecule has 0 spiro atoms. The molecule has 0 saturated heterocycles. The molecule has 0 radical (unpaired) electrons. The van der Waals surface area contributed by atoms with Gasteiger partial charge in [0.25, 0.3) is 0 Å². The van der Waals surface area contributed by atoms with Crippen molar-refractivity contribution in [2.45, 2.75) is 66.8 Å². The van der Waals surface area contributed by atoms with Gasteiger partial charge in [0, 0.05) is 6.04 Å². The minimum atomic E-state index is 0.470. The molecule has 1 fully saturated rings. The Balaban J connectivity index is 2.58. The molecular weight excluding hydrogens is 194 g/mol. The Morgan fingerprint density at radius 1 is 1.19 bits per heavy atom. The Hall–Kier alpha value is -0.0400. The van der Waals surface area contributed by atoms with Crippen LogP contribution in [-0.4, -0.2) is 12.6 Å². The Kier molecular flexibility index (Phi) is 4.85. The third kappa shape index (κ3) is 4.08. The van der Waals surface area contributed by atoms with Gasteiger partial charge in [0.2, 0.25) is 0 Å². The van der Waals surface area contributed by atoms with Gasteiger partial charge in [0.05, 0.1) is 0 Å². The molecule has 0 bridgehead atoms. The zero-order valence-corrected chi connectivity index (χ0v) is 12.1. The highest BCUT2D eigenvalue weighted by Crippen LogP contribution is 2.43. The fraction of sp³-hybridized carbons (Fsp3) is 1.00. The number of rotatable bonds is 3. The molecule has 0 aromatic carbocycles. The summed E-state index contributed by atoms with van der Waals surface area (Å²) in [5.41, 5.74) is 0.470. The van der Waals surface area contributed by atoms with Crippen LogP contribution in [0, 0.1) is 23.2 Å². The summed E-state index contributed by atoms with van der Waals surface area (Å²) in [6.07, 6.45) is 4.27. The van der Waals surface area contributed by atoms with Crippen LogP contribution in [0.1, 0.15) is 60.8 Å². The van der Waals surface area contributed by atoms with Crippen molar-refractivity contribution in [1.82, 2.24) is 5.32 Å². The molecule has 1 saturated carbocycles. The van der Waals surface area contributed by atoms with Crippen molar-refractivity contribution in [3.05, 3.63) is 0 Å². The lowest BCUT2D eigenvalue weighted by atomic mass is 9.64. The first-order valence-corrected chi connectivity index (χ1v) is 7.04.